The molecule has 0 bridgehead atoms. The number of nitrogens with zero attached hydrogens (tertiary/aromatic N) is 2. The van der Waals surface area contributed by atoms with Gasteiger partial charge in [-0.25, -0.2) is 0 Å². The van der Waals surface area contributed by atoms with Crippen LogP contribution >= 0.6 is 11.3 Å². The van der Waals surface area contributed by atoms with Gasteiger partial charge in [-0.1, -0.05) is 17.4 Å². The summed E-state index contributed by atoms with van der Waals surface area (Å²) in [5.41, 5.74) is 0.972. The number of fused-ring (bicyclic) bond motifs is 1. The zero-order valence-electron chi connectivity index (χ0n) is 11.4. The molecule has 0 aliphatic carbocycles. The molecule has 6 heteroatoms. The second-order valence-electron chi connectivity index (χ2n) is 4.54. The zero-order chi connectivity index (χ0) is 13.8. The molecule has 1 aromatic carbocycles. The number of rotatable bonds is 5. The number of para-hydroxylation sites is 1. The van der Waals surface area contributed by atoms with E-state index in [2.05, 4.69) is 15.5 Å². The van der Waals surface area contributed by atoms with Gasteiger partial charge in [0.2, 0.25) is 0 Å². The first kappa shape index (κ1) is 13.3. The van der Waals surface area contributed by atoms with E-state index in [4.69, 9.17) is 9.47 Å². The van der Waals surface area contributed by atoms with Crippen molar-refractivity contribution >= 4 is 11.3 Å². The molecule has 5 nitrogen and oxygen atoms in total. The molecule has 20 heavy (non-hydrogen) atoms. The highest BCUT2D eigenvalue weighted by Crippen LogP contribution is 2.40. The van der Waals surface area contributed by atoms with Gasteiger partial charge in [0, 0.05) is 6.42 Å². The van der Waals surface area contributed by atoms with Gasteiger partial charge in [0.25, 0.3) is 0 Å². The third-order valence-corrected chi connectivity index (χ3v) is 4.10. The smallest absolute Gasteiger partial charge is 0.171 e. The van der Waals surface area contributed by atoms with Crippen LogP contribution in [-0.4, -0.2) is 37.0 Å². The van der Waals surface area contributed by atoms with Crippen molar-refractivity contribution in [3.05, 3.63) is 23.2 Å². The van der Waals surface area contributed by atoms with Crippen LogP contribution < -0.4 is 14.8 Å². The highest BCUT2D eigenvalue weighted by Gasteiger charge is 2.19. The highest BCUT2D eigenvalue weighted by atomic mass is 32.1. The van der Waals surface area contributed by atoms with Crippen LogP contribution in [0.25, 0.3) is 10.6 Å². The molecule has 1 aliphatic rings. The first-order valence-corrected chi connectivity index (χ1v) is 7.56. The Balaban J connectivity index is 1.82. The van der Waals surface area contributed by atoms with Crippen LogP contribution in [0.3, 0.4) is 0 Å². The zero-order valence-corrected chi connectivity index (χ0v) is 12.2. The molecule has 3 rings (SSSR count). The van der Waals surface area contributed by atoms with E-state index in [1.165, 1.54) is 0 Å². The minimum Gasteiger partial charge on any atom is -0.486 e. The summed E-state index contributed by atoms with van der Waals surface area (Å²) in [6.45, 7) is 2.17. The van der Waals surface area contributed by atoms with Gasteiger partial charge in [-0.2, -0.15) is 0 Å². The third-order valence-electron chi connectivity index (χ3n) is 3.08. The molecule has 0 saturated carbocycles. The average molecular weight is 291 g/mol. The van der Waals surface area contributed by atoms with Crippen molar-refractivity contribution in [1.29, 1.82) is 0 Å². The maximum atomic E-state index is 5.72. The Hall–Kier alpha value is -1.66. The van der Waals surface area contributed by atoms with Crippen molar-refractivity contribution in [2.24, 2.45) is 0 Å². The molecule has 0 fully saturated rings. The van der Waals surface area contributed by atoms with Gasteiger partial charge in [0.15, 0.2) is 16.5 Å². The molecule has 0 spiro atoms. The molecule has 2 aromatic rings. The summed E-state index contributed by atoms with van der Waals surface area (Å²) in [5.74, 6) is 1.58. The Kier molecular flexibility index (Phi) is 4.13. The van der Waals surface area contributed by atoms with Crippen molar-refractivity contribution < 1.29 is 9.47 Å². The first-order valence-electron chi connectivity index (χ1n) is 6.74. The van der Waals surface area contributed by atoms with E-state index in [-0.39, 0.29) is 0 Å². The predicted molar refractivity (Wildman–Crippen MR) is 78.6 cm³/mol. The third kappa shape index (κ3) is 2.76. The van der Waals surface area contributed by atoms with Gasteiger partial charge in [-0.05, 0) is 32.1 Å². The van der Waals surface area contributed by atoms with Gasteiger partial charge in [-0.15, -0.1) is 10.2 Å². The molecule has 1 aromatic heterocycles. The number of aryl methyl sites for hydroxylation is 1. The standard InChI is InChI=1S/C14H17N3O2S/c1-15-7-3-6-12-16-17-14(20-12)10-4-2-5-11-13(10)19-9-8-18-11/h2,4-5,15H,3,6-9H2,1H3. The lowest BCUT2D eigenvalue weighted by atomic mass is 10.2. The molecule has 0 amide bonds. The van der Waals surface area contributed by atoms with Crippen LogP contribution in [0.2, 0.25) is 0 Å². The van der Waals surface area contributed by atoms with Crippen molar-refractivity contribution in [2.75, 3.05) is 26.8 Å². The van der Waals surface area contributed by atoms with E-state index in [1.807, 2.05) is 25.2 Å². The Morgan fingerprint density at radius 1 is 1.25 bits per heavy atom. The van der Waals surface area contributed by atoms with E-state index < -0.39 is 0 Å². The van der Waals surface area contributed by atoms with E-state index in [0.29, 0.717) is 13.2 Å². The molecule has 2 heterocycles. The van der Waals surface area contributed by atoms with Crippen LogP contribution in [0.1, 0.15) is 11.4 Å². The molecular formula is C14H17N3O2S. The van der Waals surface area contributed by atoms with Crippen molar-refractivity contribution in [3.8, 4) is 22.1 Å². The van der Waals surface area contributed by atoms with Gasteiger partial charge in [0.1, 0.15) is 18.2 Å². The summed E-state index contributed by atoms with van der Waals surface area (Å²) in [6, 6.07) is 5.89. The van der Waals surface area contributed by atoms with E-state index in [0.717, 1.165) is 46.5 Å². The molecule has 0 atom stereocenters. The van der Waals surface area contributed by atoms with Gasteiger partial charge in [0.05, 0.1) is 5.56 Å². The van der Waals surface area contributed by atoms with Crippen molar-refractivity contribution in [3.63, 3.8) is 0 Å². The quantitative estimate of drug-likeness (QED) is 0.855. The normalized spacial score (nSPS) is 13.4. The van der Waals surface area contributed by atoms with Crippen LogP contribution in [0.4, 0.5) is 0 Å². The largest absolute Gasteiger partial charge is 0.486 e. The highest BCUT2D eigenvalue weighted by molar-refractivity contribution is 7.14. The summed E-state index contributed by atoms with van der Waals surface area (Å²) in [7, 11) is 1.96. The minimum atomic E-state index is 0.581. The van der Waals surface area contributed by atoms with Crippen LogP contribution in [0, 0.1) is 0 Å². The second kappa shape index (κ2) is 6.19. The lowest BCUT2D eigenvalue weighted by Crippen LogP contribution is -2.15. The van der Waals surface area contributed by atoms with Gasteiger partial charge < -0.3 is 14.8 Å². The lowest BCUT2D eigenvalue weighted by Gasteiger charge is -2.19. The van der Waals surface area contributed by atoms with E-state index >= 15 is 0 Å². The molecule has 1 N–H and O–H groups in total. The molecule has 0 unspecified atom stereocenters. The Bertz CT molecular complexity index is 586. The predicted octanol–water partition coefficient (Wildman–Crippen LogP) is 2.13. The van der Waals surface area contributed by atoms with Crippen molar-refractivity contribution in [2.45, 2.75) is 12.8 Å². The molecule has 106 valence electrons. The Morgan fingerprint density at radius 2 is 2.15 bits per heavy atom. The average Bonchev–Trinajstić information content (AvgIpc) is 2.96. The number of ether oxygens (including phenoxy) is 2. The van der Waals surface area contributed by atoms with E-state index in [1.54, 1.807) is 11.3 Å². The van der Waals surface area contributed by atoms with Gasteiger partial charge >= 0.3 is 0 Å². The summed E-state index contributed by atoms with van der Waals surface area (Å²) < 4.78 is 11.3. The number of hydrogen-bond acceptors (Lipinski definition) is 6. The molecular weight excluding hydrogens is 274 g/mol. The van der Waals surface area contributed by atoms with E-state index in [9.17, 15) is 0 Å². The molecule has 0 saturated heterocycles. The molecule has 0 radical (unpaired) electrons. The van der Waals surface area contributed by atoms with Gasteiger partial charge in [-0.3, -0.25) is 0 Å². The summed E-state index contributed by atoms with van der Waals surface area (Å²) in [6.07, 6.45) is 2.02. The topological polar surface area (TPSA) is 56.3 Å². The van der Waals surface area contributed by atoms with Crippen LogP contribution in [0.15, 0.2) is 18.2 Å². The minimum absolute atomic E-state index is 0.581. The van der Waals surface area contributed by atoms with Crippen molar-refractivity contribution in [1.82, 2.24) is 15.5 Å². The summed E-state index contributed by atoms with van der Waals surface area (Å²) >= 11 is 1.62. The maximum Gasteiger partial charge on any atom is 0.171 e. The number of aromatic nitrogens is 2. The number of benzene rings is 1. The fraction of sp³-hybridized carbons (Fsp3) is 0.429. The monoisotopic (exact) mass is 291 g/mol. The van der Waals surface area contributed by atoms with Crippen LogP contribution in [-0.2, 0) is 6.42 Å². The molecule has 1 aliphatic heterocycles. The fourth-order valence-corrected chi connectivity index (χ4v) is 3.03. The summed E-state index contributed by atoms with van der Waals surface area (Å²) in [5, 5.41) is 13.6. The Morgan fingerprint density at radius 3 is 3.05 bits per heavy atom. The maximum absolute atomic E-state index is 5.72. The first-order chi connectivity index (χ1) is 9.88. The van der Waals surface area contributed by atoms with Crippen LogP contribution in [0.5, 0.6) is 11.5 Å². The Labute approximate surface area is 121 Å². The lowest BCUT2D eigenvalue weighted by molar-refractivity contribution is 0.172. The number of hydrogen-bond donors (Lipinski definition) is 1. The SMILES string of the molecule is CNCCCc1nnc(-c2cccc3c2OCCO3)s1. The number of nitrogens with one attached hydrogen (secondary N) is 1. The fourth-order valence-electron chi connectivity index (χ4n) is 2.12. The summed E-state index contributed by atoms with van der Waals surface area (Å²) in [4.78, 5) is 0. The second-order valence-corrected chi connectivity index (χ2v) is 5.60.